The number of carbonyl (C=O) groups is 2. The fraction of sp³-hybridized carbons (Fsp3) is 0.222. The Kier molecular flexibility index (Phi) is 6.94. The molecule has 2 N–H and O–H groups in total. The summed E-state index contributed by atoms with van der Waals surface area (Å²) < 4.78 is 19.1. The standard InChI is InChI=1S/C18H18BrFN2O3/c1-25-16-10-12(2-7-15(16)19)8-9-21-18(24)17(22-11-23)13-3-5-14(20)6-4-13/h2-7,10-11,17H,8-9H2,1H3,(H,21,24)(H,22,23). The SMILES string of the molecule is COc1cc(CCNC(=O)C(NC=O)c2ccc(F)cc2)ccc1Br. The number of amides is 2. The quantitative estimate of drug-likeness (QED) is 0.659. The van der Waals surface area contributed by atoms with Gasteiger partial charge in [0.25, 0.3) is 0 Å². The Morgan fingerprint density at radius 2 is 2.00 bits per heavy atom. The van der Waals surface area contributed by atoms with Crippen LogP contribution in [-0.4, -0.2) is 26.0 Å². The third-order valence-electron chi connectivity index (χ3n) is 3.63. The van der Waals surface area contributed by atoms with E-state index in [1.807, 2.05) is 18.2 Å². The number of methoxy groups -OCH3 is 1. The summed E-state index contributed by atoms with van der Waals surface area (Å²) in [7, 11) is 1.59. The van der Waals surface area contributed by atoms with Crippen molar-refractivity contribution in [1.82, 2.24) is 10.6 Å². The lowest BCUT2D eigenvalue weighted by molar-refractivity contribution is -0.125. The van der Waals surface area contributed by atoms with E-state index in [1.54, 1.807) is 7.11 Å². The molecule has 132 valence electrons. The van der Waals surface area contributed by atoms with E-state index in [0.29, 0.717) is 24.9 Å². The lowest BCUT2D eigenvalue weighted by Gasteiger charge is -2.16. The maximum Gasteiger partial charge on any atom is 0.247 e. The monoisotopic (exact) mass is 408 g/mol. The topological polar surface area (TPSA) is 67.4 Å². The molecule has 0 aromatic heterocycles. The molecule has 0 heterocycles. The van der Waals surface area contributed by atoms with Crippen LogP contribution >= 0.6 is 15.9 Å². The summed E-state index contributed by atoms with van der Waals surface area (Å²) in [6, 6.07) is 10.3. The predicted molar refractivity (Wildman–Crippen MR) is 95.7 cm³/mol. The molecule has 1 unspecified atom stereocenters. The molecular weight excluding hydrogens is 391 g/mol. The van der Waals surface area contributed by atoms with Gasteiger partial charge in [0.15, 0.2) is 0 Å². The number of ether oxygens (including phenoxy) is 1. The second-order valence-electron chi connectivity index (χ2n) is 5.28. The molecule has 7 heteroatoms. The minimum absolute atomic E-state index is 0.359. The Balaban J connectivity index is 1.97. The molecule has 1 atom stereocenters. The first-order chi connectivity index (χ1) is 12.0. The van der Waals surface area contributed by atoms with Gasteiger partial charge in [-0.15, -0.1) is 0 Å². The van der Waals surface area contributed by atoms with Crippen molar-refractivity contribution in [2.45, 2.75) is 12.5 Å². The normalized spacial score (nSPS) is 11.5. The van der Waals surface area contributed by atoms with Gasteiger partial charge < -0.3 is 15.4 Å². The van der Waals surface area contributed by atoms with Crippen molar-refractivity contribution in [2.75, 3.05) is 13.7 Å². The van der Waals surface area contributed by atoms with Gasteiger partial charge in [-0.2, -0.15) is 0 Å². The number of nitrogens with one attached hydrogen (secondary N) is 2. The van der Waals surface area contributed by atoms with Crippen molar-refractivity contribution in [3.63, 3.8) is 0 Å². The third kappa shape index (κ3) is 5.29. The van der Waals surface area contributed by atoms with Crippen LogP contribution in [0.2, 0.25) is 0 Å². The van der Waals surface area contributed by atoms with Gasteiger partial charge in [-0.25, -0.2) is 4.39 Å². The van der Waals surface area contributed by atoms with Crippen molar-refractivity contribution in [3.05, 3.63) is 63.9 Å². The first-order valence-electron chi connectivity index (χ1n) is 7.60. The Labute approximate surface area is 153 Å². The molecule has 0 saturated carbocycles. The van der Waals surface area contributed by atoms with Crippen LogP contribution in [0.5, 0.6) is 5.75 Å². The average molecular weight is 409 g/mol. The molecule has 2 rings (SSSR count). The van der Waals surface area contributed by atoms with Gasteiger partial charge >= 0.3 is 0 Å². The van der Waals surface area contributed by atoms with E-state index in [-0.39, 0.29) is 5.91 Å². The van der Waals surface area contributed by atoms with Gasteiger partial charge in [-0.1, -0.05) is 18.2 Å². The molecule has 0 fully saturated rings. The summed E-state index contributed by atoms with van der Waals surface area (Å²) in [4.78, 5) is 23.1. The van der Waals surface area contributed by atoms with E-state index in [4.69, 9.17) is 4.74 Å². The van der Waals surface area contributed by atoms with Crippen LogP contribution in [0.25, 0.3) is 0 Å². The summed E-state index contributed by atoms with van der Waals surface area (Å²) in [6.07, 6.45) is 1.06. The maximum absolute atomic E-state index is 13.0. The first kappa shape index (κ1) is 18.9. The van der Waals surface area contributed by atoms with E-state index in [2.05, 4.69) is 26.6 Å². The largest absolute Gasteiger partial charge is 0.496 e. The molecule has 0 aliphatic heterocycles. The molecule has 0 aliphatic carbocycles. The van der Waals surface area contributed by atoms with E-state index in [9.17, 15) is 14.0 Å². The fourth-order valence-electron chi connectivity index (χ4n) is 2.34. The van der Waals surface area contributed by atoms with Crippen molar-refractivity contribution in [3.8, 4) is 5.75 Å². The number of hydrogen-bond acceptors (Lipinski definition) is 3. The number of carbonyl (C=O) groups excluding carboxylic acids is 2. The van der Waals surface area contributed by atoms with Crippen LogP contribution in [0.4, 0.5) is 4.39 Å². The van der Waals surface area contributed by atoms with Gasteiger partial charge in [0.1, 0.15) is 17.6 Å². The number of hydrogen-bond donors (Lipinski definition) is 2. The summed E-state index contributed by atoms with van der Waals surface area (Å²) in [5.41, 5.74) is 1.51. The molecule has 2 aromatic rings. The molecule has 0 aliphatic rings. The van der Waals surface area contributed by atoms with Crippen LogP contribution in [0, 0.1) is 5.82 Å². The molecule has 2 amide bonds. The smallest absolute Gasteiger partial charge is 0.247 e. The molecule has 2 aromatic carbocycles. The minimum atomic E-state index is -0.863. The molecule has 0 spiro atoms. The molecule has 0 radical (unpaired) electrons. The van der Waals surface area contributed by atoms with Crippen LogP contribution in [0.1, 0.15) is 17.2 Å². The van der Waals surface area contributed by atoms with Gasteiger partial charge in [-0.05, 0) is 57.7 Å². The summed E-state index contributed by atoms with van der Waals surface area (Å²) in [6.45, 7) is 0.391. The summed E-state index contributed by atoms with van der Waals surface area (Å²) >= 11 is 3.39. The second-order valence-corrected chi connectivity index (χ2v) is 6.13. The van der Waals surface area contributed by atoms with Gasteiger partial charge in [0, 0.05) is 6.54 Å². The lowest BCUT2D eigenvalue weighted by Crippen LogP contribution is -2.38. The van der Waals surface area contributed by atoms with Crippen molar-refractivity contribution < 1.29 is 18.7 Å². The van der Waals surface area contributed by atoms with E-state index in [0.717, 1.165) is 15.8 Å². The van der Waals surface area contributed by atoms with Crippen LogP contribution in [0.15, 0.2) is 46.9 Å². The van der Waals surface area contributed by atoms with Crippen LogP contribution < -0.4 is 15.4 Å². The van der Waals surface area contributed by atoms with Crippen molar-refractivity contribution in [2.24, 2.45) is 0 Å². The zero-order valence-electron chi connectivity index (χ0n) is 13.6. The van der Waals surface area contributed by atoms with Gasteiger partial charge in [0.05, 0.1) is 11.6 Å². The Hall–Kier alpha value is -2.41. The van der Waals surface area contributed by atoms with E-state index >= 15 is 0 Å². The molecular formula is C18H18BrFN2O3. The highest BCUT2D eigenvalue weighted by atomic mass is 79.9. The fourth-order valence-corrected chi connectivity index (χ4v) is 2.75. The zero-order valence-corrected chi connectivity index (χ0v) is 15.2. The summed E-state index contributed by atoms with van der Waals surface area (Å²) in [5.74, 6) is -0.0448. The van der Waals surface area contributed by atoms with Crippen LogP contribution in [-0.2, 0) is 16.0 Å². The maximum atomic E-state index is 13.0. The molecule has 0 bridgehead atoms. The number of rotatable bonds is 8. The number of halogens is 2. The first-order valence-corrected chi connectivity index (χ1v) is 8.39. The highest BCUT2D eigenvalue weighted by Gasteiger charge is 2.19. The Morgan fingerprint density at radius 1 is 1.28 bits per heavy atom. The third-order valence-corrected chi connectivity index (χ3v) is 4.28. The van der Waals surface area contributed by atoms with Crippen molar-refractivity contribution >= 4 is 28.2 Å². The van der Waals surface area contributed by atoms with Gasteiger partial charge in [-0.3, -0.25) is 9.59 Å². The van der Waals surface area contributed by atoms with E-state index in [1.165, 1.54) is 24.3 Å². The predicted octanol–water partition coefficient (Wildman–Crippen LogP) is 2.74. The molecule has 5 nitrogen and oxygen atoms in total. The van der Waals surface area contributed by atoms with Crippen LogP contribution in [0.3, 0.4) is 0 Å². The second kappa shape index (κ2) is 9.17. The average Bonchev–Trinajstić information content (AvgIpc) is 2.62. The Bertz CT molecular complexity index is 738. The highest BCUT2D eigenvalue weighted by Crippen LogP contribution is 2.25. The molecule has 0 saturated heterocycles. The Morgan fingerprint density at radius 3 is 2.64 bits per heavy atom. The van der Waals surface area contributed by atoms with Crippen molar-refractivity contribution in [1.29, 1.82) is 0 Å². The minimum Gasteiger partial charge on any atom is -0.496 e. The summed E-state index contributed by atoms with van der Waals surface area (Å²) in [5, 5.41) is 5.23. The highest BCUT2D eigenvalue weighted by molar-refractivity contribution is 9.10. The molecule has 25 heavy (non-hydrogen) atoms. The lowest BCUT2D eigenvalue weighted by atomic mass is 10.1. The number of benzene rings is 2. The van der Waals surface area contributed by atoms with Gasteiger partial charge in [0.2, 0.25) is 12.3 Å². The van der Waals surface area contributed by atoms with E-state index < -0.39 is 11.9 Å². The zero-order chi connectivity index (χ0) is 18.2.